The highest BCUT2D eigenvalue weighted by atomic mass is 19.1. The standard InChI is InChI=1S/C25H25F2N3O3/c1-16-11-23(31)24(28-30(16)19-8-4-3-5-9-19)25(32)29(2)14-20-21(26)12-18(13-22(20)27)17-7-6-10-33-15-17/h3-5,8-9,11-13,17H,6-7,10,14-15H2,1-2H3. The number of benzene rings is 2. The highest BCUT2D eigenvalue weighted by molar-refractivity contribution is 5.91. The van der Waals surface area contributed by atoms with Gasteiger partial charge >= 0.3 is 0 Å². The second-order valence-corrected chi connectivity index (χ2v) is 8.28. The molecule has 1 aliphatic heterocycles. The van der Waals surface area contributed by atoms with Crippen molar-refractivity contribution in [3.05, 3.63) is 92.9 Å². The molecule has 0 aliphatic carbocycles. The number of para-hydroxylation sites is 1. The minimum atomic E-state index is -0.728. The molecule has 0 bridgehead atoms. The highest BCUT2D eigenvalue weighted by Gasteiger charge is 2.24. The Morgan fingerprint density at radius 1 is 1.18 bits per heavy atom. The van der Waals surface area contributed by atoms with E-state index in [0.717, 1.165) is 17.7 Å². The van der Waals surface area contributed by atoms with Crippen LogP contribution in [0.4, 0.5) is 8.78 Å². The molecule has 0 radical (unpaired) electrons. The number of aryl methyl sites for hydroxylation is 1. The molecular weight excluding hydrogens is 428 g/mol. The van der Waals surface area contributed by atoms with Gasteiger partial charge in [-0.2, -0.15) is 5.10 Å². The SMILES string of the molecule is Cc1cc(=O)c(C(=O)N(C)Cc2c(F)cc(C3CCCOC3)cc2F)nn1-c1ccccc1. The van der Waals surface area contributed by atoms with E-state index in [1.165, 1.54) is 29.9 Å². The van der Waals surface area contributed by atoms with Crippen LogP contribution in [0.2, 0.25) is 0 Å². The second kappa shape index (κ2) is 9.62. The van der Waals surface area contributed by atoms with Crippen LogP contribution in [-0.4, -0.2) is 40.8 Å². The largest absolute Gasteiger partial charge is 0.381 e. The Morgan fingerprint density at radius 2 is 1.88 bits per heavy atom. The zero-order valence-corrected chi connectivity index (χ0v) is 18.6. The Kier molecular flexibility index (Phi) is 6.65. The summed E-state index contributed by atoms with van der Waals surface area (Å²) < 4.78 is 36.5. The van der Waals surface area contributed by atoms with E-state index in [1.807, 2.05) is 18.2 Å². The van der Waals surface area contributed by atoms with Gasteiger partial charge in [0.05, 0.1) is 18.8 Å². The molecule has 1 aliphatic rings. The Labute approximate surface area is 190 Å². The van der Waals surface area contributed by atoms with Gasteiger partial charge in [0.15, 0.2) is 5.69 Å². The van der Waals surface area contributed by atoms with Gasteiger partial charge in [-0.15, -0.1) is 0 Å². The van der Waals surface area contributed by atoms with Crippen LogP contribution in [-0.2, 0) is 11.3 Å². The molecule has 1 amide bonds. The fourth-order valence-corrected chi connectivity index (χ4v) is 4.03. The summed E-state index contributed by atoms with van der Waals surface area (Å²) in [5.74, 6) is -2.22. The monoisotopic (exact) mass is 453 g/mol. The van der Waals surface area contributed by atoms with Gasteiger partial charge in [-0.1, -0.05) is 18.2 Å². The molecule has 1 fully saturated rings. The predicted molar refractivity (Wildman–Crippen MR) is 120 cm³/mol. The number of carbonyl (C=O) groups excluding carboxylic acids is 1. The molecule has 172 valence electrons. The maximum atomic E-state index is 14.8. The number of nitrogens with zero attached hydrogens (tertiary/aromatic N) is 3. The zero-order chi connectivity index (χ0) is 23.5. The average molecular weight is 453 g/mol. The van der Waals surface area contributed by atoms with Gasteiger partial charge in [-0.3, -0.25) is 9.59 Å². The van der Waals surface area contributed by atoms with Gasteiger partial charge in [-0.25, -0.2) is 13.5 Å². The number of ether oxygens (including phenoxy) is 1. The third-order valence-corrected chi connectivity index (χ3v) is 5.85. The molecule has 1 saturated heterocycles. The zero-order valence-electron chi connectivity index (χ0n) is 18.6. The average Bonchev–Trinajstić information content (AvgIpc) is 2.82. The number of amides is 1. The first-order chi connectivity index (χ1) is 15.8. The summed E-state index contributed by atoms with van der Waals surface area (Å²) in [7, 11) is 1.39. The lowest BCUT2D eigenvalue weighted by Gasteiger charge is -2.23. The van der Waals surface area contributed by atoms with E-state index in [0.29, 0.717) is 30.2 Å². The highest BCUT2D eigenvalue weighted by Crippen LogP contribution is 2.28. The number of aromatic nitrogens is 2. The molecule has 33 heavy (non-hydrogen) atoms. The minimum Gasteiger partial charge on any atom is -0.381 e. The number of rotatable bonds is 5. The second-order valence-electron chi connectivity index (χ2n) is 8.28. The van der Waals surface area contributed by atoms with Gasteiger partial charge in [0.1, 0.15) is 11.6 Å². The first-order valence-electron chi connectivity index (χ1n) is 10.8. The molecule has 3 aromatic rings. The van der Waals surface area contributed by atoms with E-state index in [1.54, 1.807) is 19.1 Å². The molecule has 2 heterocycles. The molecule has 4 rings (SSSR count). The van der Waals surface area contributed by atoms with Crippen molar-refractivity contribution in [2.24, 2.45) is 0 Å². The Morgan fingerprint density at radius 3 is 2.52 bits per heavy atom. The van der Waals surface area contributed by atoms with Crippen molar-refractivity contribution in [3.8, 4) is 5.69 Å². The number of hydrogen-bond acceptors (Lipinski definition) is 4. The van der Waals surface area contributed by atoms with E-state index < -0.39 is 23.0 Å². The lowest BCUT2D eigenvalue weighted by atomic mass is 9.92. The van der Waals surface area contributed by atoms with Crippen LogP contribution in [0.3, 0.4) is 0 Å². The predicted octanol–water partition coefficient (Wildman–Crippen LogP) is 3.99. The van der Waals surface area contributed by atoms with Gasteiger partial charge in [0.2, 0.25) is 5.43 Å². The first-order valence-corrected chi connectivity index (χ1v) is 10.8. The molecule has 6 nitrogen and oxygen atoms in total. The fraction of sp³-hybridized carbons (Fsp3) is 0.320. The maximum absolute atomic E-state index is 14.8. The first kappa shape index (κ1) is 22.8. The van der Waals surface area contributed by atoms with E-state index in [4.69, 9.17) is 4.74 Å². The summed E-state index contributed by atoms with van der Waals surface area (Å²) >= 11 is 0. The molecule has 1 atom stereocenters. The maximum Gasteiger partial charge on any atom is 0.278 e. The third kappa shape index (κ3) is 4.85. The van der Waals surface area contributed by atoms with Gasteiger partial charge in [0.25, 0.3) is 5.91 Å². The Bertz CT molecular complexity index is 1200. The molecular formula is C25H25F2N3O3. The quantitative estimate of drug-likeness (QED) is 0.586. The van der Waals surface area contributed by atoms with Crippen LogP contribution in [0.15, 0.2) is 53.3 Å². The summed E-state index contributed by atoms with van der Waals surface area (Å²) in [6, 6.07) is 13.0. The molecule has 1 unspecified atom stereocenters. The molecule has 2 aromatic carbocycles. The van der Waals surface area contributed by atoms with Crippen molar-refractivity contribution < 1.29 is 18.3 Å². The Balaban J connectivity index is 1.59. The van der Waals surface area contributed by atoms with Crippen molar-refractivity contribution >= 4 is 5.91 Å². The summed E-state index contributed by atoms with van der Waals surface area (Å²) in [5.41, 5.74) is 0.694. The van der Waals surface area contributed by atoms with E-state index in [9.17, 15) is 18.4 Å². The van der Waals surface area contributed by atoms with Gasteiger partial charge in [-0.05, 0) is 49.6 Å². The summed E-state index contributed by atoms with van der Waals surface area (Å²) in [5, 5.41) is 4.24. The van der Waals surface area contributed by atoms with Crippen molar-refractivity contribution in [3.63, 3.8) is 0 Å². The normalized spacial score (nSPS) is 15.9. The molecule has 0 saturated carbocycles. The smallest absolute Gasteiger partial charge is 0.278 e. The molecule has 0 N–H and O–H groups in total. The van der Waals surface area contributed by atoms with Crippen molar-refractivity contribution in [1.82, 2.24) is 14.7 Å². The van der Waals surface area contributed by atoms with Gasteiger partial charge in [0, 0.05) is 36.9 Å². The molecule has 1 aromatic heterocycles. The lowest BCUT2D eigenvalue weighted by molar-refractivity contribution is 0.0772. The number of carbonyl (C=O) groups is 1. The van der Waals surface area contributed by atoms with Crippen molar-refractivity contribution in [2.75, 3.05) is 20.3 Å². The molecule has 0 spiro atoms. The van der Waals surface area contributed by atoms with Crippen LogP contribution in [0.5, 0.6) is 0 Å². The van der Waals surface area contributed by atoms with Crippen LogP contribution in [0.25, 0.3) is 5.69 Å². The summed E-state index contributed by atoms with van der Waals surface area (Å²) in [4.78, 5) is 26.6. The van der Waals surface area contributed by atoms with Crippen molar-refractivity contribution in [2.45, 2.75) is 32.2 Å². The van der Waals surface area contributed by atoms with E-state index in [2.05, 4.69) is 5.10 Å². The van der Waals surface area contributed by atoms with Crippen LogP contribution in [0, 0.1) is 18.6 Å². The molecule has 8 heteroatoms. The van der Waals surface area contributed by atoms with Crippen LogP contribution < -0.4 is 5.43 Å². The van der Waals surface area contributed by atoms with Crippen LogP contribution >= 0.6 is 0 Å². The van der Waals surface area contributed by atoms with E-state index in [-0.39, 0.29) is 23.7 Å². The number of halogens is 2. The van der Waals surface area contributed by atoms with Crippen molar-refractivity contribution in [1.29, 1.82) is 0 Å². The lowest BCUT2D eigenvalue weighted by Crippen LogP contribution is -2.33. The fourth-order valence-electron chi connectivity index (χ4n) is 4.03. The summed E-state index contributed by atoms with van der Waals surface area (Å²) in [6.45, 7) is 2.47. The summed E-state index contributed by atoms with van der Waals surface area (Å²) in [6.07, 6.45) is 1.65. The third-order valence-electron chi connectivity index (χ3n) is 5.85. The van der Waals surface area contributed by atoms with Crippen LogP contribution in [0.1, 0.15) is 46.1 Å². The topological polar surface area (TPSA) is 64.4 Å². The number of hydrogen-bond donors (Lipinski definition) is 0. The van der Waals surface area contributed by atoms with E-state index >= 15 is 0 Å². The van der Waals surface area contributed by atoms with Gasteiger partial charge < -0.3 is 9.64 Å². The minimum absolute atomic E-state index is 0.0515. The Hall–Kier alpha value is -3.39.